The number of ether oxygens (including phenoxy) is 2. The summed E-state index contributed by atoms with van der Waals surface area (Å²) in [5.41, 5.74) is -0.697. The predicted molar refractivity (Wildman–Crippen MR) is 101 cm³/mol. The second-order valence-electron chi connectivity index (χ2n) is 7.14. The van der Waals surface area contributed by atoms with Gasteiger partial charge in [-0.05, 0) is 63.3 Å². The molecule has 1 amide bonds. The Morgan fingerprint density at radius 2 is 1.92 bits per heavy atom. The lowest BCUT2D eigenvalue weighted by Gasteiger charge is -2.18. The molecule has 0 N–H and O–H groups in total. The topological polar surface area (TPSA) is 82.0 Å². The third kappa shape index (κ3) is 3.91. The van der Waals surface area contributed by atoms with Gasteiger partial charge in [-0.3, -0.25) is 0 Å². The van der Waals surface area contributed by atoms with Gasteiger partial charge in [0, 0.05) is 14.8 Å². The molecule has 8 heteroatoms. The molecule has 1 atom stereocenters. The molecule has 1 aromatic heterocycles. The Hall–Kier alpha value is -1.93. The highest BCUT2D eigenvalue weighted by atomic mass is 32.2. The van der Waals surface area contributed by atoms with Crippen molar-refractivity contribution in [3.05, 3.63) is 29.1 Å². The molecular formula is C18H21NO5S2. The fourth-order valence-electron chi connectivity index (χ4n) is 2.50. The first-order valence-corrected chi connectivity index (χ1v) is 10.6. The number of thiophene rings is 1. The predicted octanol–water partition coefficient (Wildman–Crippen LogP) is 4.61. The van der Waals surface area contributed by atoms with Gasteiger partial charge in [0.15, 0.2) is 0 Å². The Labute approximate surface area is 156 Å². The maximum Gasteiger partial charge on any atom is 0.442 e. The van der Waals surface area contributed by atoms with Crippen LogP contribution >= 0.6 is 11.3 Å². The molecule has 1 aromatic carbocycles. The van der Waals surface area contributed by atoms with Crippen LogP contribution in [-0.4, -0.2) is 34.2 Å². The number of benzene rings is 1. The van der Waals surface area contributed by atoms with Gasteiger partial charge in [0.2, 0.25) is 0 Å². The normalized spacial score (nSPS) is 16.8. The number of carbonyl (C=O) groups is 2. The molecular weight excluding hydrogens is 374 g/mol. The lowest BCUT2D eigenvalue weighted by molar-refractivity contribution is 0.0596. The van der Waals surface area contributed by atoms with Crippen LogP contribution < -0.4 is 0 Å². The van der Waals surface area contributed by atoms with E-state index < -0.39 is 27.4 Å². The van der Waals surface area contributed by atoms with E-state index in [9.17, 15) is 13.8 Å². The molecule has 1 fully saturated rings. The molecule has 1 saturated carbocycles. The lowest BCUT2D eigenvalue weighted by atomic mass is 10.2. The number of hydrogen-bond donors (Lipinski definition) is 0. The van der Waals surface area contributed by atoms with Gasteiger partial charge >= 0.3 is 12.1 Å². The van der Waals surface area contributed by atoms with Crippen LogP contribution in [0.2, 0.25) is 0 Å². The van der Waals surface area contributed by atoms with Crippen LogP contribution in [0.4, 0.5) is 4.79 Å². The summed E-state index contributed by atoms with van der Waals surface area (Å²) in [6.07, 6.45) is 0.718. The summed E-state index contributed by atoms with van der Waals surface area (Å²) in [7, 11) is -1.58. The Kier molecular flexibility index (Phi) is 4.83. The first-order chi connectivity index (χ1) is 12.1. The van der Waals surface area contributed by atoms with Crippen LogP contribution in [0.3, 0.4) is 0 Å². The lowest BCUT2D eigenvalue weighted by Crippen LogP contribution is -2.23. The van der Waals surface area contributed by atoms with E-state index in [1.54, 1.807) is 45.0 Å². The molecule has 1 aliphatic rings. The Bertz CT molecular complexity index is 989. The van der Waals surface area contributed by atoms with Crippen molar-refractivity contribution >= 4 is 43.2 Å². The van der Waals surface area contributed by atoms with Gasteiger partial charge in [-0.15, -0.1) is 15.7 Å². The third-order valence-electron chi connectivity index (χ3n) is 3.79. The smallest absolute Gasteiger partial charge is 0.442 e. The van der Waals surface area contributed by atoms with Crippen molar-refractivity contribution in [2.75, 3.05) is 7.11 Å². The number of amides is 1. The molecule has 1 heterocycles. The molecule has 2 aromatic rings. The number of hydrogen-bond acceptors (Lipinski definition) is 6. The fourth-order valence-corrected chi connectivity index (χ4v) is 5.70. The van der Waals surface area contributed by atoms with Gasteiger partial charge in [-0.25, -0.2) is 13.8 Å². The molecule has 0 spiro atoms. The summed E-state index contributed by atoms with van der Waals surface area (Å²) in [5.74, 6) is -0.408. The maximum absolute atomic E-state index is 13.5. The zero-order valence-electron chi connectivity index (χ0n) is 15.1. The van der Waals surface area contributed by atoms with E-state index in [1.165, 1.54) is 18.4 Å². The van der Waals surface area contributed by atoms with Gasteiger partial charge in [-0.2, -0.15) is 0 Å². The number of esters is 1. The van der Waals surface area contributed by atoms with Gasteiger partial charge in [0.1, 0.15) is 10.5 Å². The molecule has 26 heavy (non-hydrogen) atoms. The highest BCUT2D eigenvalue weighted by molar-refractivity contribution is 7.94. The summed E-state index contributed by atoms with van der Waals surface area (Å²) < 4.78 is 28.4. The molecule has 0 aliphatic heterocycles. The number of methoxy groups -OCH3 is 1. The first-order valence-electron chi connectivity index (χ1n) is 8.23. The van der Waals surface area contributed by atoms with Crippen molar-refractivity contribution in [2.24, 2.45) is 4.36 Å². The second kappa shape index (κ2) is 6.66. The van der Waals surface area contributed by atoms with Crippen LogP contribution in [0.15, 0.2) is 33.5 Å². The second-order valence-corrected chi connectivity index (χ2v) is 10.7. The maximum atomic E-state index is 13.5. The summed E-state index contributed by atoms with van der Waals surface area (Å²) in [6, 6.07) is 6.96. The molecule has 1 unspecified atom stereocenters. The third-order valence-corrected chi connectivity index (χ3v) is 7.61. The number of rotatable bonds is 3. The van der Waals surface area contributed by atoms with Crippen LogP contribution in [0.1, 0.15) is 43.3 Å². The minimum atomic E-state index is -2.91. The Morgan fingerprint density at radius 3 is 2.50 bits per heavy atom. The zero-order chi connectivity index (χ0) is 19.1. The van der Waals surface area contributed by atoms with Gasteiger partial charge in [0.05, 0.1) is 16.8 Å². The number of fused-ring (bicyclic) bond motifs is 1. The molecule has 6 nitrogen and oxygen atoms in total. The minimum absolute atomic E-state index is 0.147. The van der Waals surface area contributed by atoms with E-state index in [1.807, 2.05) is 0 Å². The monoisotopic (exact) mass is 395 g/mol. The van der Waals surface area contributed by atoms with Crippen molar-refractivity contribution in [1.29, 1.82) is 0 Å². The van der Waals surface area contributed by atoms with Crippen molar-refractivity contribution in [2.45, 2.75) is 49.4 Å². The van der Waals surface area contributed by atoms with Crippen LogP contribution in [0.25, 0.3) is 10.1 Å². The quantitative estimate of drug-likeness (QED) is 0.709. The Morgan fingerprint density at radius 1 is 1.23 bits per heavy atom. The van der Waals surface area contributed by atoms with Crippen molar-refractivity contribution in [1.82, 2.24) is 0 Å². The fraction of sp³-hybridized carbons (Fsp3) is 0.444. The summed E-state index contributed by atoms with van der Waals surface area (Å²) in [6.45, 7) is 5.22. The van der Waals surface area contributed by atoms with Crippen molar-refractivity contribution in [3.63, 3.8) is 0 Å². The minimum Gasteiger partial charge on any atom is -0.465 e. The standard InChI is InChI=1S/C18H21NO5S2/c1-18(2,3)24-17(21)19-26(22,12-5-6-12)13-7-8-14-11(9-13)10-15(25-14)16(20)23-4/h7-10,12H,5-6H2,1-4H3. The van der Waals surface area contributed by atoms with Crippen LogP contribution in [0, 0.1) is 0 Å². The van der Waals surface area contributed by atoms with E-state index in [-0.39, 0.29) is 5.25 Å². The highest BCUT2D eigenvalue weighted by Crippen LogP contribution is 2.38. The summed E-state index contributed by atoms with van der Waals surface area (Å²) in [4.78, 5) is 24.8. The summed E-state index contributed by atoms with van der Waals surface area (Å²) in [5, 5.41) is 0.631. The zero-order valence-corrected chi connectivity index (χ0v) is 16.7. The van der Waals surface area contributed by atoms with Gasteiger partial charge in [0.25, 0.3) is 0 Å². The number of carbonyl (C=O) groups excluding carboxylic acids is 2. The first kappa shape index (κ1) is 18.8. The summed E-state index contributed by atoms with van der Waals surface area (Å²) >= 11 is 1.31. The van der Waals surface area contributed by atoms with E-state index in [0.29, 0.717) is 9.77 Å². The van der Waals surface area contributed by atoms with Crippen molar-refractivity contribution in [3.8, 4) is 0 Å². The largest absolute Gasteiger partial charge is 0.465 e. The highest BCUT2D eigenvalue weighted by Gasteiger charge is 2.37. The van der Waals surface area contributed by atoms with Crippen LogP contribution in [0.5, 0.6) is 0 Å². The van der Waals surface area contributed by atoms with Gasteiger partial charge in [-0.1, -0.05) is 0 Å². The molecule has 3 rings (SSSR count). The van der Waals surface area contributed by atoms with E-state index in [2.05, 4.69) is 4.36 Å². The Balaban J connectivity index is 2.04. The molecule has 0 bridgehead atoms. The average Bonchev–Trinajstić information content (AvgIpc) is 3.31. The number of nitrogens with zero attached hydrogens (tertiary/aromatic N) is 1. The molecule has 1 aliphatic carbocycles. The van der Waals surface area contributed by atoms with E-state index in [4.69, 9.17) is 9.47 Å². The molecule has 140 valence electrons. The molecule has 0 saturated heterocycles. The van der Waals surface area contributed by atoms with E-state index in [0.717, 1.165) is 22.9 Å². The van der Waals surface area contributed by atoms with E-state index >= 15 is 0 Å². The molecule has 0 radical (unpaired) electrons. The van der Waals surface area contributed by atoms with Crippen molar-refractivity contribution < 1.29 is 23.3 Å². The SMILES string of the molecule is COC(=O)c1cc2cc(S(=O)(=NC(=O)OC(C)(C)C)C3CC3)ccc2s1. The van der Waals surface area contributed by atoms with Gasteiger partial charge < -0.3 is 9.47 Å². The van der Waals surface area contributed by atoms with Crippen LogP contribution in [-0.2, 0) is 19.2 Å². The average molecular weight is 396 g/mol.